The zero-order chi connectivity index (χ0) is 11.5. The summed E-state index contributed by atoms with van der Waals surface area (Å²) in [6.45, 7) is 1.97. The summed E-state index contributed by atoms with van der Waals surface area (Å²) in [6.07, 6.45) is 1.83. The zero-order valence-electron chi connectivity index (χ0n) is 8.82. The maximum atomic E-state index is 9.23. The van der Waals surface area contributed by atoms with Crippen molar-refractivity contribution in [3.63, 3.8) is 0 Å². The molecular formula is C13H10N2S. The second-order valence-electron chi connectivity index (χ2n) is 3.47. The minimum absolute atomic E-state index is 0.444. The molecule has 78 valence electrons. The Bertz CT molecular complexity index is 547. The first-order valence-corrected chi connectivity index (χ1v) is 5.74. The summed E-state index contributed by atoms with van der Waals surface area (Å²) in [6, 6.07) is 9.96. The molecule has 0 radical (unpaired) electrons. The molecule has 1 aliphatic rings. The molecule has 1 aromatic carbocycles. The molecule has 3 heteroatoms. The number of hydrogen-bond donors (Lipinski definition) is 1. The minimum atomic E-state index is 0.444. The van der Waals surface area contributed by atoms with Crippen LogP contribution < -0.4 is 0 Å². The van der Waals surface area contributed by atoms with E-state index in [1.54, 1.807) is 0 Å². The molecule has 2 rings (SSSR count). The van der Waals surface area contributed by atoms with Crippen LogP contribution in [-0.4, -0.2) is 5.04 Å². The number of nitrogens with zero attached hydrogens (tertiary/aromatic N) is 1. The van der Waals surface area contributed by atoms with E-state index in [2.05, 4.69) is 6.07 Å². The van der Waals surface area contributed by atoms with Gasteiger partial charge in [0, 0.05) is 5.57 Å². The predicted octanol–water partition coefficient (Wildman–Crippen LogP) is 3.51. The summed E-state index contributed by atoms with van der Waals surface area (Å²) in [4.78, 5) is 0. The summed E-state index contributed by atoms with van der Waals surface area (Å²) >= 11 is 1.34. The van der Waals surface area contributed by atoms with Crippen LogP contribution in [0.5, 0.6) is 0 Å². The van der Waals surface area contributed by atoms with E-state index in [0.717, 1.165) is 16.7 Å². The van der Waals surface area contributed by atoms with Crippen LogP contribution in [0.15, 0.2) is 41.3 Å². The first kappa shape index (κ1) is 10.7. The molecule has 0 amide bonds. The molecule has 1 heterocycles. The maximum Gasteiger partial charge on any atom is 0.100 e. The van der Waals surface area contributed by atoms with Crippen LogP contribution in [-0.2, 0) is 0 Å². The number of aryl methyl sites for hydroxylation is 1. The highest BCUT2D eigenvalue weighted by Gasteiger charge is 2.16. The Hall–Kier alpha value is -1.79. The van der Waals surface area contributed by atoms with Gasteiger partial charge in [0.15, 0.2) is 0 Å². The molecule has 0 atom stereocenters. The molecule has 0 saturated heterocycles. The molecule has 0 bridgehead atoms. The molecule has 1 aromatic rings. The number of benzene rings is 1. The number of hydrogen-bond acceptors (Lipinski definition) is 3. The van der Waals surface area contributed by atoms with Gasteiger partial charge in [0.1, 0.15) is 6.07 Å². The molecule has 0 fully saturated rings. The fourth-order valence-corrected chi connectivity index (χ4v) is 2.26. The van der Waals surface area contributed by atoms with Crippen molar-refractivity contribution in [3.8, 4) is 6.07 Å². The van der Waals surface area contributed by atoms with Gasteiger partial charge in [0.2, 0.25) is 0 Å². The normalized spacial score (nSPS) is 17.4. The van der Waals surface area contributed by atoms with Crippen molar-refractivity contribution < 1.29 is 0 Å². The van der Waals surface area contributed by atoms with Gasteiger partial charge in [-0.3, -0.25) is 5.41 Å². The number of thioether (sulfide) groups is 1. The monoisotopic (exact) mass is 226 g/mol. The molecular weight excluding hydrogens is 216 g/mol. The summed E-state index contributed by atoms with van der Waals surface area (Å²) in [7, 11) is 0. The van der Waals surface area contributed by atoms with Crippen LogP contribution in [0.3, 0.4) is 0 Å². The minimum Gasteiger partial charge on any atom is -0.293 e. The van der Waals surface area contributed by atoms with E-state index in [9.17, 15) is 5.26 Å². The quantitative estimate of drug-likeness (QED) is 0.745. The van der Waals surface area contributed by atoms with E-state index in [1.165, 1.54) is 11.8 Å². The van der Waals surface area contributed by atoms with Gasteiger partial charge in [-0.2, -0.15) is 5.26 Å². The predicted molar refractivity (Wildman–Crippen MR) is 68.2 cm³/mol. The van der Waals surface area contributed by atoms with E-state index in [-0.39, 0.29) is 0 Å². The number of nitriles is 1. The average Bonchev–Trinajstić information content (AvgIpc) is 2.69. The second kappa shape index (κ2) is 4.38. The molecule has 0 aromatic heterocycles. The smallest absolute Gasteiger partial charge is 0.100 e. The molecule has 2 nitrogen and oxygen atoms in total. The van der Waals surface area contributed by atoms with E-state index in [0.29, 0.717) is 10.6 Å². The van der Waals surface area contributed by atoms with Crippen molar-refractivity contribution >= 4 is 22.4 Å². The van der Waals surface area contributed by atoms with Crippen LogP contribution in [0.25, 0.3) is 5.57 Å². The lowest BCUT2D eigenvalue weighted by Crippen LogP contribution is -1.95. The molecule has 1 aliphatic heterocycles. The third-order valence-corrected chi connectivity index (χ3v) is 3.19. The first-order chi connectivity index (χ1) is 7.74. The van der Waals surface area contributed by atoms with Gasteiger partial charge < -0.3 is 0 Å². The Morgan fingerprint density at radius 2 is 2.12 bits per heavy atom. The summed E-state index contributed by atoms with van der Waals surface area (Å²) in [5.41, 5.74) is 3.28. The van der Waals surface area contributed by atoms with Gasteiger partial charge >= 0.3 is 0 Å². The SMILES string of the molecule is Cc1ccccc1C(C#N)=C1C=CSC1=N. The zero-order valence-corrected chi connectivity index (χ0v) is 9.64. The fourth-order valence-electron chi connectivity index (χ4n) is 1.63. The van der Waals surface area contributed by atoms with Crippen molar-refractivity contribution in [2.75, 3.05) is 0 Å². The average molecular weight is 226 g/mol. The lowest BCUT2D eigenvalue weighted by atomic mass is 9.97. The lowest BCUT2D eigenvalue weighted by Gasteiger charge is -2.06. The maximum absolute atomic E-state index is 9.23. The topological polar surface area (TPSA) is 47.6 Å². The summed E-state index contributed by atoms with van der Waals surface area (Å²) < 4.78 is 0. The van der Waals surface area contributed by atoms with Gasteiger partial charge in [-0.05, 0) is 29.5 Å². The van der Waals surface area contributed by atoms with Crippen LogP contribution >= 0.6 is 11.8 Å². The highest BCUT2D eigenvalue weighted by molar-refractivity contribution is 8.17. The van der Waals surface area contributed by atoms with Crippen molar-refractivity contribution in [1.82, 2.24) is 0 Å². The van der Waals surface area contributed by atoms with Crippen molar-refractivity contribution in [2.45, 2.75) is 6.92 Å². The standard InChI is InChI=1S/C13H10N2S/c1-9-4-2-3-5-10(9)12(8-14)11-6-7-16-13(11)15/h2-7,15H,1H3. The van der Waals surface area contributed by atoms with Gasteiger partial charge in [0.25, 0.3) is 0 Å². The number of nitrogens with one attached hydrogen (secondary N) is 1. The number of rotatable bonds is 1. The van der Waals surface area contributed by atoms with Crippen molar-refractivity contribution in [1.29, 1.82) is 10.7 Å². The molecule has 0 spiro atoms. The van der Waals surface area contributed by atoms with E-state index in [4.69, 9.17) is 5.41 Å². The van der Waals surface area contributed by atoms with Crippen LogP contribution in [0.1, 0.15) is 11.1 Å². The Morgan fingerprint density at radius 3 is 2.69 bits per heavy atom. The highest BCUT2D eigenvalue weighted by Crippen LogP contribution is 2.30. The lowest BCUT2D eigenvalue weighted by molar-refractivity contribution is 1.41. The molecule has 0 aliphatic carbocycles. The van der Waals surface area contributed by atoms with Crippen LogP contribution in [0, 0.1) is 23.7 Å². The molecule has 0 unspecified atom stereocenters. The van der Waals surface area contributed by atoms with Gasteiger partial charge in [-0.25, -0.2) is 0 Å². The van der Waals surface area contributed by atoms with Crippen molar-refractivity contribution in [3.05, 3.63) is 52.4 Å². The Labute approximate surface area is 98.8 Å². The van der Waals surface area contributed by atoms with Gasteiger partial charge in [-0.1, -0.05) is 36.0 Å². The molecule has 1 N–H and O–H groups in total. The van der Waals surface area contributed by atoms with E-state index in [1.807, 2.05) is 42.7 Å². The molecule has 16 heavy (non-hydrogen) atoms. The van der Waals surface area contributed by atoms with Crippen LogP contribution in [0.4, 0.5) is 0 Å². The second-order valence-corrected chi connectivity index (χ2v) is 4.38. The third-order valence-electron chi connectivity index (χ3n) is 2.46. The van der Waals surface area contributed by atoms with Crippen LogP contribution in [0.2, 0.25) is 0 Å². The summed E-state index contributed by atoms with van der Waals surface area (Å²) in [5.74, 6) is 0. The Balaban J connectivity index is 2.62. The fraction of sp³-hybridized carbons (Fsp3) is 0.0769. The number of allylic oxidation sites excluding steroid dienone is 2. The largest absolute Gasteiger partial charge is 0.293 e. The molecule has 0 saturated carbocycles. The van der Waals surface area contributed by atoms with Crippen molar-refractivity contribution in [2.24, 2.45) is 0 Å². The third kappa shape index (κ3) is 1.80. The van der Waals surface area contributed by atoms with E-state index < -0.39 is 0 Å². The highest BCUT2D eigenvalue weighted by atomic mass is 32.2. The Morgan fingerprint density at radius 1 is 1.38 bits per heavy atom. The van der Waals surface area contributed by atoms with E-state index >= 15 is 0 Å². The van der Waals surface area contributed by atoms with Gasteiger partial charge in [-0.15, -0.1) is 0 Å². The summed E-state index contributed by atoms with van der Waals surface area (Å²) in [5, 5.41) is 19.3. The first-order valence-electron chi connectivity index (χ1n) is 4.86. The van der Waals surface area contributed by atoms with Gasteiger partial charge in [0.05, 0.1) is 10.6 Å². The Kier molecular flexibility index (Phi) is 2.93.